The van der Waals surface area contributed by atoms with Gasteiger partial charge in [-0.05, 0) is 0 Å². The van der Waals surface area contributed by atoms with Crippen LogP contribution in [0.1, 0.15) is 22.2 Å². The van der Waals surface area contributed by atoms with Crippen LogP contribution < -0.4 is 4.72 Å². The second-order valence-electron chi connectivity index (χ2n) is 3.35. The molecule has 0 saturated heterocycles. The van der Waals surface area contributed by atoms with Gasteiger partial charge in [0.1, 0.15) is 0 Å². The fraction of sp³-hybridized carbons (Fsp3) is 0.250. The van der Waals surface area contributed by atoms with Crippen LogP contribution in [0.3, 0.4) is 0 Å². The van der Waals surface area contributed by atoms with Crippen molar-refractivity contribution in [1.82, 2.24) is 19.8 Å². The molecule has 0 aliphatic rings. The molecule has 2 rings (SSSR count). The molecule has 19 heavy (non-hydrogen) atoms. The minimum Gasteiger partial charge on any atom is -0.476 e. The van der Waals surface area contributed by atoms with E-state index in [1.807, 2.05) is 0 Å². The summed E-state index contributed by atoms with van der Waals surface area (Å²) in [4.78, 5) is 18.1. The number of carbonyl (C=O) groups is 1. The van der Waals surface area contributed by atoms with Gasteiger partial charge < -0.3 is 9.63 Å². The third kappa shape index (κ3) is 2.94. The maximum atomic E-state index is 11.9. The first kappa shape index (κ1) is 13.6. The fourth-order valence-electron chi connectivity index (χ4n) is 1.21. The highest BCUT2D eigenvalue weighted by atomic mass is 32.2. The van der Waals surface area contributed by atoms with Crippen molar-refractivity contribution >= 4 is 27.3 Å². The summed E-state index contributed by atoms with van der Waals surface area (Å²) < 4.78 is 30.3. The van der Waals surface area contributed by atoms with Crippen molar-refractivity contribution in [2.45, 2.75) is 17.7 Å². The monoisotopic (exact) mass is 304 g/mol. The molecular weight excluding hydrogens is 296 g/mol. The van der Waals surface area contributed by atoms with Crippen molar-refractivity contribution in [3.8, 4) is 0 Å². The molecule has 11 heteroatoms. The van der Waals surface area contributed by atoms with Gasteiger partial charge in [-0.1, -0.05) is 5.16 Å². The smallest absolute Gasteiger partial charge is 0.356 e. The van der Waals surface area contributed by atoms with Crippen molar-refractivity contribution in [1.29, 1.82) is 0 Å². The van der Waals surface area contributed by atoms with Gasteiger partial charge in [0, 0.05) is 6.92 Å². The van der Waals surface area contributed by atoms with E-state index in [4.69, 9.17) is 5.11 Å². The predicted octanol–water partition coefficient (Wildman–Crippen LogP) is 0.0112. The van der Waals surface area contributed by atoms with Crippen LogP contribution in [0.25, 0.3) is 0 Å². The average molecular weight is 304 g/mol. The summed E-state index contributed by atoms with van der Waals surface area (Å²) in [5, 5.41) is 12.3. The Morgan fingerprint density at radius 1 is 1.58 bits per heavy atom. The van der Waals surface area contributed by atoms with Crippen LogP contribution in [0.4, 0.5) is 0 Å². The first-order chi connectivity index (χ1) is 8.90. The Morgan fingerprint density at radius 2 is 2.32 bits per heavy atom. The van der Waals surface area contributed by atoms with Gasteiger partial charge in [-0.25, -0.2) is 22.9 Å². The molecule has 0 atom stereocenters. The van der Waals surface area contributed by atoms with Crippen LogP contribution in [-0.4, -0.2) is 34.6 Å². The van der Waals surface area contributed by atoms with Crippen LogP contribution >= 0.6 is 11.3 Å². The SMILES string of the molecule is Cc1nc(CNS(=O)(=O)c2scnc2C(=O)O)no1. The number of aromatic carboxylic acids is 1. The second-order valence-corrected chi connectivity index (χ2v) is 6.16. The molecule has 0 bridgehead atoms. The Hall–Kier alpha value is -1.85. The van der Waals surface area contributed by atoms with E-state index < -0.39 is 21.7 Å². The van der Waals surface area contributed by atoms with E-state index in [2.05, 4.69) is 24.4 Å². The van der Waals surface area contributed by atoms with Gasteiger partial charge in [-0.15, -0.1) is 11.3 Å². The summed E-state index contributed by atoms with van der Waals surface area (Å²) in [5.41, 5.74) is 0.637. The van der Waals surface area contributed by atoms with Gasteiger partial charge in [0.05, 0.1) is 12.1 Å². The van der Waals surface area contributed by atoms with E-state index in [0.717, 1.165) is 16.8 Å². The predicted molar refractivity (Wildman–Crippen MR) is 62.1 cm³/mol. The molecule has 9 nitrogen and oxygen atoms in total. The van der Waals surface area contributed by atoms with E-state index in [9.17, 15) is 13.2 Å². The highest BCUT2D eigenvalue weighted by Crippen LogP contribution is 2.19. The zero-order chi connectivity index (χ0) is 14.0. The molecular formula is C8H8N4O5S2. The van der Waals surface area contributed by atoms with Crippen LogP contribution in [-0.2, 0) is 16.6 Å². The minimum atomic E-state index is -3.98. The normalized spacial score (nSPS) is 11.6. The standard InChI is InChI=1S/C8H8N4O5S2/c1-4-11-5(12-17-4)2-10-19(15,16)8-6(7(13)14)9-3-18-8/h3,10H,2H2,1H3,(H,13,14). The molecule has 0 aliphatic carbocycles. The number of aryl methyl sites for hydroxylation is 1. The molecule has 2 aromatic rings. The van der Waals surface area contributed by atoms with Crippen molar-refractivity contribution in [2.75, 3.05) is 0 Å². The topological polar surface area (TPSA) is 135 Å². The number of carboxylic acid groups (broad SMARTS) is 1. The lowest BCUT2D eigenvalue weighted by Gasteiger charge is -2.02. The number of sulfonamides is 1. The minimum absolute atomic E-state index is 0.155. The van der Waals surface area contributed by atoms with Crippen LogP contribution in [0.5, 0.6) is 0 Å². The summed E-state index contributed by atoms with van der Waals surface area (Å²) in [5.74, 6) is -0.947. The van der Waals surface area contributed by atoms with Gasteiger partial charge in [0.15, 0.2) is 15.7 Å². The number of nitrogens with one attached hydrogen (secondary N) is 1. The molecule has 2 aromatic heterocycles. The Kier molecular flexibility index (Phi) is 3.59. The van der Waals surface area contributed by atoms with Crippen LogP contribution in [0.2, 0.25) is 0 Å². The molecule has 0 aliphatic heterocycles. The van der Waals surface area contributed by atoms with Gasteiger partial charge in [-0.3, -0.25) is 0 Å². The number of nitrogens with zero attached hydrogens (tertiary/aromatic N) is 3. The Labute approximate surface area is 111 Å². The van der Waals surface area contributed by atoms with Gasteiger partial charge in [0.25, 0.3) is 10.0 Å². The van der Waals surface area contributed by atoms with Gasteiger partial charge in [-0.2, -0.15) is 4.98 Å². The molecule has 0 aromatic carbocycles. The van der Waals surface area contributed by atoms with Crippen LogP contribution in [0, 0.1) is 6.92 Å². The fourth-order valence-corrected chi connectivity index (χ4v) is 3.37. The first-order valence-corrected chi connectivity index (χ1v) is 7.22. The van der Waals surface area contributed by atoms with Crippen LogP contribution in [0.15, 0.2) is 14.2 Å². The van der Waals surface area contributed by atoms with Crippen molar-refractivity contribution in [3.05, 3.63) is 22.9 Å². The maximum Gasteiger partial charge on any atom is 0.356 e. The lowest BCUT2D eigenvalue weighted by Crippen LogP contribution is -2.24. The Balaban J connectivity index is 2.18. The third-order valence-electron chi connectivity index (χ3n) is 1.97. The molecule has 0 amide bonds. The first-order valence-electron chi connectivity index (χ1n) is 4.86. The highest BCUT2D eigenvalue weighted by molar-refractivity contribution is 7.91. The summed E-state index contributed by atoms with van der Waals surface area (Å²) >= 11 is 0.719. The number of thiazole rings is 1. The Morgan fingerprint density at radius 3 is 2.89 bits per heavy atom. The van der Waals surface area contributed by atoms with Crippen molar-refractivity contribution in [2.24, 2.45) is 0 Å². The lowest BCUT2D eigenvalue weighted by atomic mass is 10.5. The van der Waals surface area contributed by atoms with Gasteiger partial charge in [0.2, 0.25) is 5.89 Å². The molecule has 0 fully saturated rings. The molecule has 102 valence electrons. The average Bonchev–Trinajstić information content (AvgIpc) is 2.94. The molecule has 2 N–H and O–H groups in total. The van der Waals surface area contributed by atoms with E-state index in [-0.39, 0.29) is 16.6 Å². The molecule has 2 heterocycles. The van der Waals surface area contributed by atoms with Crippen molar-refractivity contribution in [3.63, 3.8) is 0 Å². The Bertz CT molecular complexity index is 704. The van der Waals surface area contributed by atoms with Gasteiger partial charge >= 0.3 is 5.97 Å². The van der Waals surface area contributed by atoms with E-state index >= 15 is 0 Å². The van der Waals surface area contributed by atoms with E-state index in [1.54, 1.807) is 6.92 Å². The zero-order valence-electron chi connectivity index (χ0n) is 9.52. The summed E-state index contributed by atoms with van der Waals surface area (Å²) in [7, 11) is -3.98. The number of rotatable bonds is 5. The lowest BCUT2D eigenvalue weighted by molar-refractivity contribution is 0.0687. The summed E-state index contributed by atoms with van der Waals surface area (Å²) in [6, 6.07) is 0. The molecule has 0 radical (unpaired) electrons. The number of carboxylic acids is 1. The van der Waals surface area contributed by atoms with E-state index in [0.29, 0.717) is 5.89 Å². The molecule has 0 unspecified atom stereocenters. The molecule has 0 saturated carbocycles. The summed E-state index contributed by atoms with van der Waals surface area (Å²) in [6.45, 7) is 1.37. The maximum absolute atomic E-state index is 11.9. The van der Waals surface area contributed by atoms with Crippen molar-refractivity contribution < 1.29 is 22.8 Å². The van der Waals surface area contributed by atoms with E-state index in [1.165, 1.54) is 0 Å². The second kappa shape index (κ2) is 5.03. The number of hydrogen-bond acceptors (Lipinski definition) is 8. The molecule has 0 spiro atoms. The third-order valence-corrected chi connectivity index (χ3v) is 4.74. The largest absolute Gasteiger partial charge is 0.476 e. The highest BCUT2D eigenvalue weighted by Gasteiger charge is 2.25. The number of aromatic nitrogens is 3. The number of hydrogen-bond donors (Lipinski definition) is 2. The zero-order valence-corrected chi connectivity index (χ0v) is 11.2. The quantitative estimate of drug-likeness (QED) is 0.788. The summed E-state index contributed by atoms with van der Waals surface area (Å²) in [6.07, 6.45) is 0.